The summed E-state index contributed by atoms with van der Waals surface area (Å²) in [5.41, 5.74) is 0.678. The van der Waals surface area contributed by atoms with Gasteiger partial charge in [-0.1, -0.05) is 96.1 Å². The molecule has 160 valence electrons. The predicted molar refractivity (Wildman–Crippen MR) is 124 cm³/mol. The Balaban J connectivity index is 1.50. The van der Waals surface area contributed by atoms with Gasteiger partial charge in [0.2, 0.25) is 0 Å². The summed E-state index contributed by atoms with van der Waals surface area (Å²) in [6, 6.07) is 10.8. The molecule has 0 heterocycles. The molecular weight excluding hydrogens is 358 g/mol. The second kappa shape index (κ2) is 14.0. The Morgan fingerprint density at radius 1 is 0.793 bits per heavy atom. The summed E-state index contributed by atoms with van der Waals surface area (Å²) in [5.74, 6) is 0.197. The van der Waals surface area contributed by atoms with Gasteiger partial charge in [-0.25, -0.2) is 0 Å². The summed E-state index contributed by atoms with van der Waals surface area (Å²) in [7, 11) is 0. The maximum Gasteiger partial charge on any atom is 0.251 e. The second-order valence-electron chi connectivity index (χ2n) is 8.21. The molecule has 3 nitrogen and oxygen atoms in total. The quantitative estimate of drug-likeness (QED) is 0.308. The van der Waals surface area contributed by atoms with E-state index in [1.165, 1.54) is 77.0 Å². The van der Waals surface area contributed by atoms with Crippen molar-refractivity contribution in [1.82, 2.24) is 5.32 Å². The molecule has 0 fully saturated rings. The molecule has 2 N–H and O–H groups in total. The number of hydrogen-bond donors (Lipinski definition) is 2. The van der Waals surface area contributed by atoms with Crippen LogP contribution in [0.4, 0.5) is 0 Å². The Kier molecular flexibility index (Phi) is 11.3. The molecule has 0 unspecified atom stereocenters. The number of unbranched alkanes of at least 4 members (excludes halogenated alkanes) is 12. The van der Waals surface area contributed by atoms with Crippen LogP contribution in [-0.2, 0) is 0 Å². The predicted octanol–water partition coefficient (Wildman–Crippen LogP) is 7.37. The first-order chi connectivity index (χ1) is 14.2. The second-order valence-corrected chi connectivity index (χ2v) is 8.21. The van der Waals surface area contributed by atoms with E-state index in [-0.39, 0.29) is 11.7 Å². The first-order valence-electron chi connectivity index (χ1n) is 11.7. The zero-order valence-corrected chi connectivity index (χ0v) is 18.2. The van der Waals surface area contributed by atoms with Crippen LogP contribution in [0.1, 0.15) is 101 Å². The van der Waals surface area contributed by atoms with Gasteiger partial charge in [0.1, 0.15) is 5.75 Å². The number of rotatable bonds is 15. The Morgan fingerprint density at radius 2 is 1.38 bits per heavy atom. The minimum absolute atomic E-state index is 0.0276. The van der Waals surface area contributed by atoms with Gasteiger partial charge in [0.15, 0.2) is 0 Å². The number of aromatic hydroxyl groups is 1. The van der Waals surface area contributed by atoms with Gasteiger partial charge < -0.3 is 10.4 Å². The van der Waals surface area contributed by atoms with Crippen LogP contribution >= 0.6 is 0 Å². The van der Waals surface area contributed by atoms with Crippen LogP contribution in [0.2, 0.25) is 0 Å². The molecule has 0 aliphatic rings. The van der Waals surface area contributed by atoms with Crippen LogP contribution in [-0.4, -0.2) is 17.6 Å². The molecule has 3 heteroatoms. The third-order valence-corrected chi connectivity index (χ3v) is 5.67. The lowest BCUT2D eigenvalue weighted by Gasteiger charge is -2.08. The summed E-state index contributed by atoms with van der Waals surface area (Å²) in [6.07, 6.45) is 17.3. The van der Waals surface area contributed by atoms with E-state index in [4.69, 9.17) is 0 Å². The zero-order valence-electron chi connectivity index (χ0n) is 18.2. The van der Waals surface area contributed by atoms with Crippen LogP contribution in [0.15, 0.2) is 36.4 Å². The molecule has 0 saturated carbocycles. The average molecular weight is 398 g/mol. The van der Waals surface area contributed by atoms with Gasteiger partial charge in [-0.15, -0.1) is 0 Å². The molecule has 0 spiro atoms. The molecule has 29 heavy (non-hydrogen) atoms. The highest BCUT2D eigenvalue weighted by Gasteiger charge is 2.09. The molecule has 0 radical (unpaired) electrons. The van der Waals surface area contributed by atoms with Crippen LogP contribution in [0.25, 0.3) is 10.8 Å². The van der Waals surface area contributed by atoms with E-state index in [1.807, 2.05) is 24.3 Å². The number of phenolic OH excluding ortho intramolecular Hbond substituents is 1. The molecule has 0 aliphatic heterocycles. The van der Waals surface area contributed by atoms with E-state index in [9.17, 15) is 9.90 Å². The number of carbonyl (C=O) groups excluding carboxylic acids is 1. The highest BCUT2D eigenvalue weighted by Crippen LogP contribution is 2.23. The van der Waals surface area contributed by atoms with Crippen molar-refractivity contribution in [2.75, 3.05) is 6.54 Å². The monoisotopic (exact) mass is 397 g/mol. The van der Waals surface area contributed by atoms with Crippen molar-refractivity contribution in [2.24, 2.45) is 0 Å². The molecule has 2 aromatic carbocycles. The molecule has 1 amide bonds. The van der Waals surface area contributed by atoms with E-state index < -0.39 is 0 Å². The Bertz CT molecular complexity index is 726. The van der Waals surface area contributed by atoms with Crippen molar-refractivity contribution in [3.05, 3.63) is 42.0 Å². The fourth-order valence-electron chi connectivity index (χ4n) is 3.91. The minimum atomic E-state index is -0.0276. The summed E-state index contributed by atoms with van der Waals surface area (Å²) in [5, 5.41) is 14.4. The lowest BCUT2D eigenvalue weighted by atomic mass is 10.0. The van der Waals surface area contributed by atoms with Crippen molar-refractivity contribution < 1.29 is 9.90 Å². The molecule has 0 atom stereocenters. The van der Waals surface area contributed by atoms with Gasteiger partial charge in [0.05, 0.1) is 0 Å². The highest BCUT2D eigenvalue weighted by molar-refractivity contribution is 6.07. The Labute approximate surface area is 176 Å². The highest BCUT2D eigenvalue weighted by atomic mass is 16.3. The largest absolute Gasteiger partial charge is 0.508 e. The molecular formula is C26H39NO2. The third kappa shape index (κ3) is 8.89. The van der Waals surface area contributed by atoms with Crippen molar-refractivity contribution in [3.63, 3.8) is 0 Å². The number of carbonyl (C=O) groups is 1. The van der Waals surface area contributed by atoms with Crippen LogP contribution in [0.3, 0.4) is 0 Å². The molecule has 0 bridgehead atoms. The van der Waals surface area contributed by atoms with Crippen molar-refractivity contribution in [2.45, 2.75) is 90.4 Å². The Hall–Kier alpha value is -2.03. The van der Waals surface area contributed by atoms with Crippen LogP contribution in [0.5, 0.6) is 5.75 Å². The number of phenols is 1. The molecule has 2 aromatic rings. The summed E-state index contributed by atoms with van der Waals surface area (Å²) in [4.78, 5) is 12.5. The van der Waals surface area contributed by atoms with Crippen molar-refractivity contribution in [3.8, 4) is 5.75 Å². The molecule has 0 aliphatic carbocycles. The van der Waals surface area contributed by atoms with Gasteiger partial charge in [-0.3, -0.25) is 4.79 Å². The lowest BCUT2D eigenvalue weighted by molar-refractivity contribution is 0.0954. The van der Waals surface area contributed by atoms with E-state index in [1.54, 1.807) is 12.1 Å². The number of fused-ring (bicyclic) bond motifs is 1. The van der Waals surface area contributed by atoms with E-state index in [0.29, 0.717) is 5.56 Å². The third-order valence-electron chi connectivity index (χ3n) is 5.67. The number of benzene rings is 2. The molecule has 0 saturated heterocycles. The lowest BCUT2D eigenvalue weighted by Crippen LogP contribution is -2.24. The minimum Gasteiger partial charge on any atom is -0.508 e. The van der Waals surface area contributed by atoms with Gasteiger partial charge in [0, 0.05) is 12.1 Å². The molecule has 2 rings (SSSR count). The summed E-state index contributed by atoms with van der Waals surface area (Å²) in [6.45, 7) is 3.00. The fraction of sp³-hybridized carbons (Fsp3) is 0.577. The first-order valence-corrected chi connectivity index (χ1v) is 11.7. The first kappa shape index (κ1) is 23.3. The van der Waals surface area contributed by atoms with Crippen molar-refractivity contribution in [1.29, 1.82) is 0 Å². The van der Waals surface area contributed by atoms with Gasteiger partial charge in [0.25, 0.3) is 5.91 Å². The zero-order chi connectivity index (χ0) is 20.7. The van der Waals surface area contributed by atoms with Crippen LogP contribution in [0, 0.1) is 0 Å². The van der Waals surface area contributed by atoms with Crippen LogP contribution < -0.4 is 5.32 Å². The maximum atomic E-state index is 12.5. The number of nitrogens with one attached hydrogen (secondary N) is 1. The van der Waals surface area contributed by atoms with Gasteiger partial charge >= 0.3 is 0 Å². The van der Waals surface area contributed by atoms with E-state index >= 15 is 0 Å². The average Bonchev–Trinajstić information content (AvgIpc) is 2.73. The number of hydrogen-bond acceptors (Lipinski definition) is 2. The number of amides is 1. The van der Waals surface area contributed by atoms with Gasteiger partial charge in [-0.2, -0.15) is 0 Å². The topological polar surface area (TPSA) is 49.3 Å². The standard InChI is InChI=1S/C26H39NO2/c1-2-3-4-5-6-7-8-9-10-11-12-13-14-20-27-26(29)25-17-15-16-22-21-23(28)18-19-24(22)25/h15-19,21,28H,2-14,20H2,1H3,(H,27,29). The maximum absolute atomic E-state index is 12.5. The van der Waals surface area contributed by atoms with E-state index in [2.05, 4.69) is 12.2 Å². The van der Waals surface area contributed by atoms with E-state index in [0.717, 1.165) is 23.7 Å². The smallest absolute Gasteiger partial charge is 0.251 e. The Morgan fingerprint density at radius 3 is 2.00 bits per heavy atom. The van der Waals surface area contributed by atoms with Gasteiger partial charge in [-0.05, 0) is 41.5 Å². The summed E-state index contributed by atoms with van der Waals surface area (Å²) < 4.78 is 0. The summed E-state index contributed by atoms with van der Waals surface area (Å²) >= 11 is 0. The SMILES string of the molecule is CCCCCCCCCCCCCCCNC(=O)c1cccc2cc(O)ccc12. The normalized spacial score (nSPS) is 11.1. The molecule has 0 aromatic heterocycles. The fourth-order valence-corrected chi connectivity index (χ4v) is 3.91. The van der Waals surface area contributed by atoms with Crippen molar-refractivity contribution >= 4 is 16.7 Å².